The zero-order valence-electron chi connectivity index (χ0n) is 12.5. The molecule has 0 saturated heterocycles. The van der Waals surface area contributed by atoms with E-state index < -0.39 is 0 Å². The topological polar surface area (TPSA) is 15.6 Å². The third kappa shape index (κ3) is 7.03. The van der Waals surface area contributed by atoms with Gasteiger partial charge in [0.2, 0.25) is 0 Å². The number of hydrogen-bond acceptors (Lipinski definition) is 2. The molecule has 0 N–H and O–H groups in total. The molecule has 0 aromatic rings. The van der Waals surface area contributed by atoms with Gasteiger partial charge in [0.15, 0.2) is 0 Å². The Morgan fingerprint density at radius 1 is 1.00 bits per heavy atom. The van der Waals surface area contributed by atoms with Crippen LogP contribution in [-0.4, -0.2) is 30.4 Å². The van der Waals surface area contributed by atoms with Gasteiger partial charge >= 0.3 is 0 Å². The van der Waals surface area contributed by atoms with Crippen LogP contribution in [-0.2, 0) is 0 Å². The van der Waals surface area contributed by atoms with E-state index in [2.05, 4.69) is 23.7 Å². The molecule has 1 heterocycles. The third-order valence-corrected chi connectivity index (χ3v) is 4.01. The molecule has 1 aliphatic heterocycles. The van der Waals surface area contributed by atoms with Crippen molar-refractivity contribution in [1.29, 1.82) is 0 Å². The largest absolute Gasteiger partial charge is 0.358 e. The van der Waals surface area contributed by atoms with Crippen molar-refractivity contribution >= 4 is 6.34 Å². The first kappa shape index (κ1) is 15.5. The van der Waals surface area contributed by atoms with E-state index in [9.17, 15) is 0 Å². The van der Waals surface area contributed by atoms with Crippen LogP contribution in [0.25, 0.3) is 0 Å². The van der Waals surface area contributed by atoms with Crippen molar-refractivity contribution in [3.05, 3.63) is 0 Å². The van der Waals surface area contributed by atoms with Crippen LogP contribution in [0, 0.1) is 0 Å². The molecule has 0 spiro atoms. The predicted molar refractivity (Wildman–Crippen MR) is 81.4 cm³/mol. The van der Waals surface area contributed by atoms with E-state index in [0.717, 1.165) is 13.1 Å². The summed E-state index contributed by atoms with van der Waals surface area (Å²) in [5.41, 5.74) is 0. The van der Waals surface area contributed by atoms with Crippen LogP contribution < -0.4 is 0 Å². The minimum Gasteiger partial charge on any atom is -0.358 e. The van der Waals surface area contributed by atoms with Crippen LogP contribution in [0.15, 0.2) is 4.99 Å². The van der Waals surface area contributed by atoms with E-state index >= 15 is 0 Å². The maximum absolute atomic E-state index is 4.28. The summed E-state index contributed by atoms with van der Waals surface area (Å²) in [5.74, 6) is 0. The molecule has 0 bridgehead atoms. The average Bonchev–Trinajstić information content (AvgIpc) is 2.90. The zero-order chi connectivity index (χ0) is 13.1. The van der Waals surface area contributed by atoms with Crippen molar-refractivity contribution in [3.8, 4) is 0 Å². The fourth-order valence-corrected chi connectivity index (χ4v) is 2.64. The Hall–Kier alpha value is -0.530. The molecule has 2 nitrogen and oxygen atoms in total. The summed E-state index contributed by atoms with van der Waals surface area (Å²) in [5, 5.41) is 0. The lowest BCUT2D eigenvalue weighted by molar-refractivity contribution is 0.337. The lowest BCUT2D eigenvalue weighted by Gasteiger charge is -2.22. The minimum atomic E-state index is 0.695. The Kier molecular flexibility index (Phi) is 8.97. The van der Waals surface area contributed by atoms with E-state index in [4.69, 9.17) is 0 Å². The molecule has 1 unspecified atom stereocenters. The van der Waals surface area contributed by atoms with Gasteiger partial charge in [-0.05, 0) is 13.3 Å². The van der Waals surface area contributed by atoms with E-state index in [0.29, 0.717) is 6.04 Å². The summed E-state index contributed by atoms with van der Waals surface area (Å²) in [6.07, 6.45) is 16.2. The van der Waals surface area contributed by atoms with Crippen molar-refractivity contribution in [2.24, 2.45) is 4.99 Å². The van der Waals surface area contributed by atoms with Gasteiger partial charge < -0.3 is 4.90 Å². The summed E-state index contributed by atoms with van der Waals surface area (Å²) >= 11 is 0. The second-order valence-electron chi connectivity index (χ2n) is 5.73. The minimum absolute atomic E-state index is 0.695. The van der Waals surface area contributed by atoms with Crippen LogP contribution in [0.5, 0.6) is 0 Å². The van der Waals surface area contributed by atoms with E-state index in [1.54, 1.807) is 0 Å². The molecule has 0 aromatic heterocycles. The van der Waals surface area contributed by atoms with Gasteiger partial charge in [0.1, 0.15) is 0 Å². The normalized spacial score (nSPS) is 16.4. The van der Waals surface area contributed by atoms with E-state index in [1.807, 2.05) is 6.34 Å². The number of nitrogens with zero attached hydrogens (tertiary/aromatic N) is 2. The van der Waals surface area contributed by atoms with Crippen molar-refractivity contribution in [2.45, 2.75) is 84.1 Å². The summed E-state index contributed by atoms with van der Waals surface area (Å²) in [4.78, 5) is 6.67. The Morgan fingerprint density at radius 3 is 2.17 bits per heavy atom. The molecule has 0 saturated carbocycles. The van der Waals surface area contributed by atoms with Gasteiger partial charge in [-0.3, -0.25) is 4.99 Å². The highest BCUT2D eigenvalue weighted by Gasteiger charge is 2.12. The smallest absolute Gasteiger partial charge is 0.0853 e. The molecule has 0 aromatic carbocycles. The lowest BCUT2D eigenvalue weighted by Crippen LogP contribution is -2.30. The zero-order valence-corrected chi connectivity index (χ0v) is 12.5. The fraction of sp³-hybridized carbons (Fsp3) is 0.938. The first-order chi connectivity index (χ1) is 8.84. The number of unbranched alkanes of at least 4 members (excludes halogenated alkanes) is 8. The molecular formula is C16H32N2. The molecule has 0 amide bonds. The van der Waals surface area contributed by atoms with Crippen molar-refractivity contribution in [3.63, 3.8) is 0 Å². The molecule has 2 heteroatoms. The number of hydrogen-bond donors (Lipinski definition) is 0. The van der Waals surface area contributed by atoms with Crippen LogP contribution in [0.4, 0.5) is 0 Å². The fourth-order valence-electron chi connectivity index (χ4n) is 2.64. The highest BCUT2D eigenvalue weighted by molar-refractivity contribution is 5.57. The van der Waals surface area contributed by atoms with Crippen LogP contribution >= 0.6 is 0 Å². The quantitative estimate of drug-likeness (QED) is 0.489. The number of aliphatic imine (C=N–C) groups is 1. The van der Waals surface area contributed by atoms with Gasteiger partial charge in [0.25, 0.3) is 0 Å². The first-order valence-corrected chi connectivity index (χ1v) is 8.10. The maximum Gasteiger partial charge on any atom is 0.0853 e. The molecule has 1 atom stereocenters. The molecule has 106 valence electrons. The van der Waals surface area contributed by atoms with Gasteiger partial charge in [-0.2, -0.15) is 0 Å². The lowest BCUT2D eigenvalue weighted by atomic mass is 10.0. The summed E-state index contributed by atoms with van der Waals surface area (Å²) in [6, 6.07) is 0.695. The van der Waals surface area contributed by atoms with Crippen LogP contribution in [0.3, 0.4) is 0 Å². The van der Waals surface area contributed by atoms with Gasteiger partial charge in [-0.1, -0.05) is 64.7 Å². The van der Waals surface area contributed by atoms with Crippen molar-refractivity contribution in [2.75, 3.05) is 13.1 Å². The Balaban J connectivity index is 1.82. The molecule has 0 fully saturated rings. The third-order valence-electron chi connectivity index (χ3n) is 4.01. The van der Waals surface area contributed by atoms with Gasteiger partial charge in [0, 0.05) is 12.6 Å². The van der Waals surface area contributed by atoms with Crippen molar-refractivity contribution in [1.82, 2.24) is 4.90 Å². The highest BCUT2D eigenvalue weighted by atomic mass is 15.2. The Labute approximate surface area is 114 Å². The van der Waals surface area contributed by atoms with Gasteiger partial charge in [0.05, 0.1) is 12.9 Å². The number of rotatable bonds is 11. The summed E-state index contributed by atoms with van der Waals surface area (Å²) in [6.45, 7) is 6.76. The van der Waals surface area contributed by atoms with E-state index in [1.165, 1.54) is 64.2 Å². The molecule has 0 radical (unpaired) electrons. The van der Waals surface area contributed by atoms with E-state index in [-0.39, 0.29) is 0 Å². The molecule has 1 aliphatic rings. The summed E-state index contributed by atoms with van der Waals surface area (Å²) < 4.78 is 0. The Bertz CT molecular complexity index is 213. The highest BCUT2D eigenvalue weighted by Crippen LogP contribution is 2.13. The van der Waals surface area contributed by atoms with Crippen molar-refractivity contribution < 1.29 is 0 Å². The second kappa shape index (κ2) is 10.4. The standard InChI is InChI=1S/C16H32N2/c1-3-4-5-6-7-8-9-10-11-12-16(2)18-14-13-17-15-18/h15-16H,3-14H2,1-2H3. The molecular weight excluding hydrogens is 220 g/mol. The molecule has 18 heavy (non-hydrogen) atoms. The maximum atomic E-state index is 4.28. The predicted octanol–water partition coefficient (Wildman–Crippen LogP) is 4.64. The summed E-state index contributed by atoms with van der Waals surface area (Å²) in [7, 11) is 0. The second-order valence-corrected chi connectivity index (χ2v) is 5.73. The van der Waals surface area contributed by atoms with Gasteiger partial charge in [-0.15, -0.1) is 0 Å². The first-order valence-electron chi connectivity index (χ1n) is 8.10. The average molecular weight is 252 g/mol. The molecule has 1 rings (SSSR count). The van der Waals surface area contributed by atoms with Crippen LogP contribution in [0.2, 0.25) is 0 Å². The van der Waals surface area contributed by atoms with Crippen LogP contribution in [0.1, 0.15) is 78.1 Å². The van der Waals surface area contributed by atoms with Gasteiger partial charge in [-0.25, -0.2) is 0 Å². The Morgan fingerprint density at radius 2 is 1.61 bits per heavy atom. The molecule has 0 aliphatic carbocycles. The SMILES string of the molecule is CCCCCCCCCCCC(C)N1C=NCC1. The monoisotopic (exact) mass is 252 g/mol.